The van der Waals surface area contributed by atoms with E-state index in [0.717, 1.165) is 21.0 Å². The number of aromatic nitrogens is 5. The van der Waals surface area contributed by atoms with Crippen molar-refractivity contribution < 1.29 is 22.3 Å². The highest BCUT2D eigenvalue weighted by Crippen LogP contribution is 2.39. The minimum absolute atomic E-state index is 0.280. The van der Waals surface area contributed by atoms with Gasteiger partial charge in [0.25, 0.3) is 0 Å². The summed E-state index contributed by atoms with van der Waals surface area (Å²) < 4.78 is 48.7. The van der Waals surface area contributed by atoms with Crippen LogP contribution in [0.5, 0.6) is 5.75 Å². The molecule has 0 aliphatic rings. The Morgan fingerprint density at radius 2 is 1.69 bits per heavy atom. The summed E-state index contributed by atoms with van der Waals surface area (Å²) in [5.41, 5.74) is 3.00. The lowest BCUT2D eigenvalue weighted by Gasteiger charge is -2.10. The van der Waals surface area contributed by atoms with Crippen LogP contribution in [-0.2, 0) is 7.05 Å². The molecule has 176 valence electrons. The number of halogens is 3. The predicted molar refractivity (Wildman–Crippen MR) is 122 cm³/mol. The highest BCUT2D eigenvalue weighted by Gasteiger charge is 2.31. The summed E-state index contributed by atoms with van der Waals surface area (Å²) in [5.74, 6) is 0.779. The molecule has 2 aromatic carbocycles. The van der Waals surface area contributed by atoms with E-state index in [1.54, 1.807) is 18.3 Å². The monoisotopic (exact) mass is 495 g/mol. The van der Waals surface area contributed by atoms with Gasteiger partial charge in [0.05, 0.1) is 0 Å². The molecule has 0 saturated heterocycles. The molecule has 3 heterocycles. The fourth-order valence-corrected chi connectivity index (χ4v) is 4.38. The summed E-state index contributed by atoms with van der Waals surface area (Å²) in [4.78, 5) is 10.00. The molecule has 5 rings (SSSR count). The standard InChI is InChI=1S/C24H16F3N5O2S/c1-32-21(19-4-2-3-13-28-19)30-20(15-5-7-16(8-6-15)22-31-29-14-33-22)23(32)35-18-11-9-17(10-12-18)34-24(25,26)27/h2-14H,1H3. The van der Waals surface area contributed by atoms with Gasteiger partial charge in [-0.3, -0.25) is 4.98 Å². The molecule has 0 spiro atoms. The van der Waals surface area contributed by atoms with Crippen LogP contribution in [0.15, 0.2) is 93.7 Å². The van der Waals surface area contributed by atoms with Crippen molar-refractivity contribution in [3.63, 3.8) is 0 Å². The maximum Gasteiger partial charge on any atom is 0.573 e. The zero-order valence-corrected chi connectivity index (χ0v) is 18.9. The van der Waals surface area contributed by atoms with Gasteiger partial charge >= 0.3 is 6.36 Å². The third-order valence-corrected chi connectivity index (χ3v) is 6.14. The molecule has 0 N–H and O–H groups in total. The zero-order chi connectivity index (χ0) is 24.4. The number of ether oxygens (including phenoxy) is 1. The van der Waals surface area contributed by atoms with Crippen molar-refractivity contribution in [1.82, 2.24) is 24.7 Å². The Kier molecular flexibility index (Phi) is 6.00. The number of rotatable bonds is 6. The lowest BCUT2D eigenvalue weighted by molar-refractivity contribution is -0.274. The lowest BCUT2D eigenvalue weighted by Crippen LogP contribution is -2.16. The van der Waals surface area contributed by atoms with Crippen LogP contribution < -0.4 is 4.74 Å². The van der Waals surface area contributed by atoms with Crippen LogP contribution in [0.25, 0.3) is 34.2 Å². The van der Waals surface area contributed by atoms with Crippen LogP contribution in [0.3, 0.4) is 0 Å². The Balaban J connectivity index is 1.52. The number of hydrogen-bond acceptors (Lipinski definition) is 7. The molecule has 0 aliphatic heterocycles. The number of pyridine rings is 1. The molecule has 0 bridgehead atoms. The summed E-state index contributed by atoms with van der Waals surface area (Å²) in [6.45, 7) is 0. The van der Waals surface area contributed by atoms with Gasteiger partial charge < -0.3 is 13.7 Å². The van der Waals surface area contributed by atoms with Crippen molar-refractivity contribution in [2.24, 2.45) is 7.05 Å². The quantitative estimate of drug-likeness (QED) is 0.276. The van der Waals surface area contributed by atoms with E-state index in [1.165, 1.54) is 30.3 Å². The first-order valence-electron chi connectivity index (χ1n) is 10.3. The van der Waals surface area contributed by atoms with Gasteiger partial charge in [0.1, 0.15) is 22.2 Å². The Hall–Kier alpha value is -4.12. The van der Waals surface area contributed by atoms with Gasteiger partial charge in [-0.25, -0.2) is 4.98 Å². The molecular formula is C24H16F3N5O2S. The fraction of sp³-hybridized carbons (Fsp3) is 0.0833. The molecule has 0 atom stereocenters. The van der Waals surface area contributed by atoms with Crippen molar-refractivity contribution in [3.05, 3.63) is 79.3 Å². The van der Waals surface area contributed by atoms with Crippen molar-refractivity contribution in [1.29, 1.82) is 0 Å². The zero-order valence-electron chi connectivity index (χ0n) is 18.1. The number of benzene rings is 2. The third-order valence-electron chi connectivity index (χ3n) is 4.97. The summed E-state index contributed by atoms with van der Waals surface area (Å²) >= 11 is 1.37. The largest absolute Gasteiger partial charge is 0.573 e. The van der Waals surface area contributed by atoms with Crippen LogP contribution >= 0.6 is 11.8 Å². The minimum Gasteiger partial charge on any atom is -0.423 e. The third kappa shape index (κ3) is 5.04. The second-order valence-corrected chi connectivity index (χ2v) is 8.37. The van der Waals surface area contributed by atoms with E-state index in [2.05, 4.69) is 19.9 Å². The van der Waals surface area contributed by atoms with Crippen molar-refractivity contribution in [2.75, 3.05) is 0 Å². The summed E-state index contributed by atoms with van der Waals surface area (Å²) in [6, 6.07) is 18.8. The Bertz CT molecular complexity index is 1420. The predicted octanol–water partition coefficient (Wildman–Crippen LogP) is 6.25. The van der Waals surface area contributed by atoms with Gasteiger partial charge in [0, 0.05) is 29.3 Å². The molecule has 0 amide bonds. The molecular weight excluding hydrogens is 479 g/mol. The molecule has 0 fully saturated rings. The van der Waals surface area contributed by atoms with Gasteiger partial charge in [-0.15, -0.1) is 23.4 Å². The second-order valence-electron chi connectivity index (χ2n) is 7.31. The Labute approximate surface area is 201 Å². The van der Waals surface area contributed by atoms with Crippen molar-refractivity contribution in [3.8, 4) is 40.0 Å². The van der Waals surface area contributed by atoms with E-state index in [-0.39, 0.29) is 5.75 Å². The van der Waals surface area contributed by atoms with Crippen molar-refractivity contribution in [2.45, 2.75) is 16.3 Å². The molecule has 0 unspecified atom stereocenters. The highest BCUT2D eigenvalue weighted by molar-refractivity contribution is 7.99. The van der Waals surface area contributed by atoms with Crippen LogP contribution in [0.4, 0.5) is 13.2 Å². The van der Waals surface area contributed by atoms with Crippen LogP contribution in [0.2, 0.25) is 0 Å². The highest BCUT2D eigenvalue weighted by atomic mass is 32.2. The number of imidazole rings is 1. The molecule has 0 saturated carbocycles. The smallest absolute Gasteiger partial charge is 0.423 e. The van der Waals surface area contributed by atoms with E-state index in [0.29, 0.717) is 23.1 Å². The minimum atomic E-state index is -4.74. The molecule has 35 heavy (non-hydrogen) atoms. The second kappa shape index (κ2) is 9.26. The number of nitrogens with zero attached hydrogens (tertiary/aromatic N) is 5. The average molecular weight is 495 g/mol. The molecule has 0 aliphatic carbocycles. The lowest BCUT2D eigenvalue weighted by atomic mass is 10.1. The van der Waals surface area contributed by atoms with Gasteiger partial charge in [-0.2, -0.15) is 0 Å². The molecule has 5 aromatic rings. The maximum atomic E-state index is 12.5. The summed E-state index contributed by atoms with van der Waals surface area (Å²) in [5, 5.41) is 8.41. The van der Waals surface area contributed by atoms with E-state index in [1.807, 2.05) is 54.1 Å². The van der Waals surface area contributed by atoms with E-state index >= 15 is 0 Å². The maximum absolute atomic E-state index is 12.5. The first-order chi connectivity index (χ1) is 16.9. The Morgan fingerprint density at radius 1 is 0.943 bits per heavy atom. The van der Waals surface area contributed by atoms with Crippen molar-refractivity contribution >= 4 is 11.8 Å². The van der Waals surface area contributed by atoms with Gasteiger partial charge in [0.2, 0.25) is 12.3 Å². The number of alkyl halides is 3. The van der Waals surface area contributed by atoms with Crippen LogP contribution in [0.1, 0.15) is 0 Å². The number of hydrogen-bond donors (Lipinski definition) is 0. The van der Waals surface area contributed by atoms with Gasteiger partial charge in [-0.1, -0.05) is 30.0 Å². The Morgan fingerprint density at radius 3 is 2.31 bits per heavy atom. The topological polar surface area (TPSA) is 78.9 Å². The normalized spacial score (nSPS) is 11.5. The molecule has 0 radical (unpaired) electrons. The molecule has 3 aromatic heterocycles. The molecule has 7 nitrogen and oxygen atoms in total. The van der Waals surface area contributed by atoms with E-state index < -0.39 is 6.36 Å². The van der Waals surface area contributed by atoms with Gasteiger partial charge in [0.15, 0.2) is 5.82 Å². The fourth-order valence-electron chi connectivity index (χ4n) is 3.40. The molecule has 11 heteroatoms. The van der Waals surface area contributed by atoms with Crippen LogP contribution in [0, 0.1) is 0 Å². The average Bonchev–Trinajstić information content (AvgIpc) is 3.49. The summed E-state index contributed by atoms with van der Waals surface area (Å²) in [6.07, 6.45) is -1.79. The van der Waals surface area contributed by atoms with E-state index in [9.17, 15) is 13.2 Å². The van der Waals surface area contributed by atoms with E-state index in [4.69, 9.17) is 9.40 Å². The first kappa shape index (κ1) is 22.7. The first-order valence-corrected chi connectivity index (χ1v) is 11.1. The SMILES string of the molecule is Cn1c(-c2ccccn2)nc(-c2ccc(-c3nnco3)cc2)c1Sc1ccc(OC(F)(F)F)cc1. The summed E-state index contributed by atoms with van der Waals surface area (Å²) in [7, 11) is 1.87. The van der Waals surface area contributed by atoms with Crippen LogP contribution in [-0.4, -0.2) is 31.1 Å². The van der Waals surface area contributed by atoms with Gasteiger partial charge in [-0.05, 0) is 48.5 Å².